The summed E-state index contributed by atoms with van der Waals surface area (Å²) in [7, 11) is 1.61. The van der Waals surface area contributed by atoms with Gasteiger partial charge < -0.3 is 14.6 Å². The minimum absolute atomic E-state index is 0.0530. The van der Waals surface area contributed by atoms with Crippen molar-refractivity contribution in [2.75, 3.05) is 12.8 Å². The molecular formula is C25H26N2O3S. The molecule has 6 heteroatoms. The quantitative estimate of drug-likeness (QED) is 0.532. The van der Waals surface area contributed by atoms with E-state index >= 15 is 0 Å². The topological polar surface area (TPSA) is 62.6 Å². The number of fused-ring (bicyclic) bond motifs is 1. The van der Waals surface area contributed by atoms with Gasteiger partial charge in [-0.1, -0.05) is 18.2 Å². The van der Waals surface area contributed by atoms with Gasteiger partial charge in [-0.3, -0.25) is 9.59 Å². The molecule has 3 aromatic rings. The van der Waals surface area contributed by atoms with Gasteiger partial charge in [0.1, 0.15) is 5.76 Å². The number of nitrogens with one attached hydrogen (secondary N) is 1. The van der Waals surface area contributed by atoms with Crippen molar-refractivity contribution >= 4 is 23.6 Å². The number of rotatable bonds is 8. The predicted octanol–water partition coefficient (Wildman–Crippen LogP) is 4.45. The van der Waals surface area contributed by atoms with Crippen molar-refractivity contribution < 1.29 is 14.0 Å². The number of thioether (sulfide) groups is 1. The van der Waals surface area contributed by atoms with Crippen LogP contribution in [0.1, 0.15) is 39.2 Å². The first-order valence-corrected chi connectivity index (χ1v) is 11.5. The molecule has 2 aromatic carbocycles. The van der Waals surface area contributed by atoms with Crippen LogP contribution in [0.4, 0.5) is 0 Å². The highest BCUT2D eigenvalue weighted by molar-refractivity contribution is 8.00. The van der Waals surface area contributed by atoms with Crippen LogP contribution >= 0.6 is 11.8 Å². The highest BCUT2D eigenvalue weighted by Gasteiger charge is 2.18. The number of furan rings is 1. The maximum absolute atomic E-state index is 13.1. The number of carbonyl (C=O) groups is 2. The molecule has 160 valence electrons. The number of nitrogens with zero attached hydrogens (tertiary/aromatic N) is 1. The van der Waals surface area contributed by atoms with Crippen molar-refractivity contribution in [3.8, 4) is 0 Å². The van der Waals surface area contributed by atoms with Gasteiger partial charge in [0.15, 0.2) is 0 Å². The lowest BCUT2D eigenvalue weighted by Crippen LogP contribution is -2.31. The zero-order valence-electron chi connectivity index (χ0n) is 17.6. The Hall–Kier alpha value is -2.99. The lowest BCUT2D eigenvalue weighted by atomic mass is 10.1. The summed E-state index contributed by atoms with van der Waals surface area (Å²) in [4.78, 5) is 27.8. The monoisotopic (exact) mass is 434 g/mol. The van der Waals surface area contributed by atoms with E-state index in [0.717, 1.165) is 29.1 Å². The fraction of sp³-hybridized carbons (Fsp3) is 0.280. The average molecular weight is 435 g/mol. The molecule has 1 heterocycles. The van der Waals surface area contributed by atoms with Crippen molar-refractivity contribution in [2.45, 2.75) is 37.2 Å². The van der Waals surface area contributed by atoms with Crippen LogP contribution in [0.3, 0.4) is 0 Å². The van der Waals surface area contributed by atoms with Crippen LogP contribution in [0.15, 0.2) is 70.2 Å². The zero-order valence-corrected chi connectivity index (χ0v) is 18.4. The maximum atomic E-state index is 13.1. The van der Waals surface area contributed by atoms with Gasteiger partial charge in [0.2, 0.25) is 5.91 Å². The van der Waals surface area contributed by atoms with E-state index in [1.165, 1.54) is 17.5 Å². The van der Waals surface area contributed by atoms with Crippen LogP contribution in [-0.4, -0.2) is 29.5 Å². The van der Waals surface area contributed by atoms with Gasteiger partial charge >= 0.3 is 0 Å². The van der Waals surface area contributed by atoms with E-state index in [0.29, 0.717) is 24.4 Å². The Balaban J connectivity index is 1.43. The predicted molar refractivity (Wildman–Crippen MR) is 122 cm³/mol. The normalized spacial score (nSPS) is 12.4. The van der Waals surface area contributed by atoms with Crippen molar-refractivity contribution in [3.05, 3.63) is 88.9 Å². The minimum atomic E-state index is -0.124. The van der Waals surface area contributed by atoms with E-state index < -0.39 is 0 Å². The van der Waals surface area contributed by atoms with Crippen LogP contribution in [0.25, 0.3) is 0 Å². The number of amides is 2. The number of hydrogen-bond acceptors (Lipinski definition) is 4. The lowest BCUT2D eigenvalue weighted by Gasteiger charge is -2.22. The second-order valence-corrected chi connectivity index (χ2v) is 8.73. The summed E-state index contributed by atoms with van der Waals surface area (Å²) in [6.45, 7) is 0.867. The Bertz CT molecular complexity index is 1050. The third kappa shape index (κ3) is 5.39. The number of benzene rings is 2. The van der Waals surface area contributed by atoms with E-state index in [1.807, 2.05) is 24.3 Å². The van der Waals surface area contributed by atoms with Crippen LogP contribution in [0, 0.1) is 0 Å². The molecular weight excluding hydrogens is 408 g/mol. The second kappa shape index (κ2) is 9.88. The molecule has 0 fully saturated rings. The molecule has 0 saturated heterocycles. The largest absolute Gasteiger partial charge is 0.467 e. The Morgan fingerprint density at radius 1 is 1.03 bits per heavy atom. The van der Waals surface area contributed by atoms with Crippen LogP contribution < -0.4 is 5.32 Å². The Kier molecular flexibility index (Phi) is 6.77. The molecule has 31 heavy (non-hydrogen) atoms. The highest BCUT2D eigenvalue weighted by Crippen LogP contribution is 2.28. The second-order valence-electron chi connectivity index (χ2n) is 7.68. The fourth-order valence-electron chi connectivity index (χ4n) is 3.82. The third-order valence-corrected chi connectivity index (χ3v) is 6.51. The van der Waals surface area contributed by atoms with Crippen molar-refractivity contribution in [2.24, 2.45) is 0 Å². The number of aryl methyl sites for hydroxylation is 2. The minimum Gasteiger partial charge on any atom is -0.467 e. The molecule has 0 radical (unpaired) electrons. The molecule has 0 bridgehead atoms. The molecule has 4 rings (SSSR count). The SMILES string of the molecule is CNC(=O)c1ccc(CN(Cc2ccco2)C(=O)CSc2ccc3c(c2)CCC3)cc1. The molecule has 0 atom stereocenters. The van der Waals surface area contributed by atoms with Crippen LogP contribution in [0.5, 0.6) is 0 Å². The Morgan fingerprint density at radius 2 is 1.84 bits per heavy atom. The van der Waals surface area contributed by atoms with E-state index in [4.69, 9.17) is 4.42 Å². The summed E-state index contributed by atoms with van der Waals surface area (Å²) in [5.74, 6) is 1.05. The van der Waals surface area contributed by atoms with Crippen molar-refractivity contribution in [1.82, 2.24) is 10.2 Å². The molecule has 0 aliphatic heterocycles. The first-order chi connectivity index (χ1) is 15.1. The molecule has 1 aliphatic carbocycles. The zero-order chi connectivity index (χ0) is 21.6. The molecule has 0 saturated carbocycles. The van der Waals surface area contributed by atoms with E-state index in [9.17, 15) is 9.59 Å². The smallest absolute Gasteiger partial charge is 0.251 e. The van der Waals surface area contributed by atoms with Gasteiger partial charge in [-0.15, -0.1) is 11.8 Å². The van der Waals surface area contributed by atoms with Crippen LogP contribution in [-0.2, 0) is 30.7 Å². The summed E-state index contributed by atoms with van der Waals surface area (Å²) in [6, 6.07) is 17.6. The molecule has 0 unspecified atom stereocenters. The van der Waals surface area contributed by atoms with Gasteiger partial charge in [0.05, 0.1) is 18.6 Å². The third-order valence-electron chi connectivity index (χ3n) is 5.53. The summed E-state index contributed by atoms with van der Waals surface area (Å²) in [5.41, 5.74) is 4.42. The van der Waals surface area contributed by atoms with Gasteiger partial charge in [-0.05, 0) is 72.4 Å². The van der Waals surface area contributed by atoms with Crippen LogP contribution in [0.2, 0.25) is 0 Å². The summed E-state index contributed by atoms with van der Waals surface area (Å²) >= 11 is 1.58. The molecule has 1 aliphatic rings. The Labute approximate surface area is 186 Å². The van der Waals surface area contributed by atoms with Crippen molar-refractivity contribution in [3.63, 3.8) is 0 Å². The van der Waals surface area contributed by atoms with E-state index in [1.54, 1.807) is 42.1 Å². The Morgan fingerprint density at radius 3 is 2.58 bits per heavy atom. The first-order valence-electron chi connectivity index (χ1n) is 10.5. The van der Waals surface area contributed by atoms with Gasteiger partial charge in [0.25, 0.3) is 5.91 Å². The van der Waals surface area contributed by atoms with Crippen molar-refractivity contribution in [1.29, 1.82) is 0 Å². The summed E-state index contributed by atoms with van der Waals surface area (Å²) < 4.78 is 5.48. The molecule has 1 aromatic heterocycles. The molecule has 0 spiro atoms. The average Bonchev–Trinajstić information content (AvgIpc) is 3.48. The summed E-state index contributed by atoms with van der Waals surface area (Å²) in [6.07, 6.45) is 5.14. The number of hydrogen-bond donors (Lipinski definition) is 1. The summed E-state index contributed by atoms with van der Waals surface area (Å²) in [5, 5.41) is 2.62. The molecule has 1 N–H and O–H groups in total. The lowest BCUT2D eigenvalue weighted by molar-refractivity contribution is -0.129. The standard InChI is InChI=1S/C25H26N2O3S/c1-26-25(29)20-9-7-18(8-10-20)15-27(16-22-6-3-13-30-22)24(28)17-31-23-12-11-19-4-2-5-21(19)14-23/h3,6-14H,2,4-5,15-17H2,1H3,(H,26,29). The van der Waals surface area contributed by atoms with Gasteiger partial charge in [-0.2, -0.15) is 0 Å². The molecule has 5 nitrogen and oxygen atoms in total. The number of carbonyl (C=O) groups excluding carboxylic acids is 2. The fourth-order valence-corrected chi connectivity index (χ4v) is 4.69. The highest BCUT2D eigenvalue weighted by atomic mass is 32.2. The first kappa shape index (κ1) is 21.2. The van der Waals surface area contributed by atoms with E-state index in [2.05, 4.69) is 23.5 Å². The molecule has 2 amide bonds. The maximum Gasteiger partial charge on any atom is 0.251 e. The van der Waals surface area contributed by atoms with E-state index in [-0.39, 0.29) is 11.8 Å². The van der Waals surface area contributed by atoms with Gasteiger partial charge in [-0.25, -0.2) is 0 Å². The van der Waals surface area contributed by atoms with Gasteiger partial charge in [0, 0.05) is 24.1 Å².